The molecule has 154 valence electrons. The standard InChI is InChI=1S/C21H27N5O3/c1-2-29-21(28)26-12-9-17(10-13-26)25-19-14-18(23-15-24-19)20(27)22-11-8-16-6-4-3-5-7-16/h3-7,14-15,17H,2,8-13H2,1H3,(H,22,27)(H,23,24,25). The average Bonchev–Trinajstić information content (AvgIpc) is 2.75. The first-order valence-corrected chi connectivity index (χ1v) is 9.98. The normalized spacial score (nSPS) is 14.3. The Hall–Kier alpha value is -3.16. The molecule has 2 amide bonds. The van der Waals surface area contributed by atoms with Crippen LogP contribution in [-0.2, 0) is 11.2 Å². The quantitative estimate of drug-likeness (QED) is 0.745. The molecule has 1 aromatic carbocycles. The van der Waals surface area contributed by atoms with Crippen molar-refractivity contribution in [2.75, 3.05) is 31.6 Å². The van der Waals surface area contributed by atoms with Gasteiger partial charge in [-0.2, -0.15) is 0 Å². The van der Waals surface area contributed by atoms with Crippen LogP contribution in [0.15, 0.2) is 42.7 Å². The second-order valence-electron chi connectivity index (χ2n) is 6.88. The van der Waals surface area contributed by atoms with Crippen molar-refractivity contribution in [3.8, 4) is 0 Å². The number of benzene rings is 1. The van der Waals surface area contributed by atoms with Gasteiger partial charge in [-0.05, 0) is 31.7 Å². The molecule has 2 aromatic rings. The van der Waals surface area contributed by atoms with Crippen molar-refractivity contribution in [1.29, 1.82) is 0 Å². The molecule has 1 aliphatic heterocycles. The smallest absolute Gasteiger partial charge is 0.409 e. The van der Waals surface area contributed by atoms with Gasteiger partial charge in [-0.15, -0.1) is 0 Å². The third-order valence-electron chi connectivity index (χ3n) is 4.81. The number of carbonyl (C=O) groups excluding carboxylic acids is 2. The number of rotatable bonds is 7. The highest BCUT2D eigenvalue weighted by molar-refractivity contribution is 5.92. The second-order valence-corrected chi connectivity index (χ2v) is 6.88. The van der Waals surface area contributed by atoms with Gasteiger partial charge in [-0.1, -0.05) is 30.3 Å². The van der Waals surface area contributed by atoms with Crippen molar-refractivity contribution < 1.29 is 14.3 Å². The predicted molar refractivity (Wildman–Crippen MR) is 110 cm³/mol. The van der Waals surface area contributed by atoms with Crippen LogP contribution in [-0.4, -0.2) is 59.2 Å². The SMILES string of the molecule is CCOC(=O)N1CCC(Nc2cc(C(=O)NCCc3ccccc3)ncn2)CC1. The highest BCUT2D eigenvalue weighted by Crippen LogP contribution is 2.16. The summed E-state index contributed by atoms with van der Waals surface area (Å²) in [6.07, 6.45) is 3.48. The van der Waals surface area contributed by atoms with E-state index in [1.165, 1.54) is 11.9 Å². The lowest BCUT2D eigenvalue weighted by Crippen LogP contribution is -2.42. The first-order valence-electron chi connectivity index (χ1n) is 9.98. The second kappa shape index (κ2) is 10.4. The Kier molecular flexibility index (Phi) is 7.38. The van der Waals surface area contributed by atoms with Crippen LogP contribution in [0.5, 0.6) is 0 Å². The van der Waals surface area contributed by atoms with Crippen molar-refractivity contribution in [2.45, 2.75) is 32.2 Å². The van der Waals surface area contributed by atoms with Crippen molar-refractivity contribution in [1.82, 2.24) is 20.2 Å². The molecule has 8 heteroatoms. The van der Waals surface area contributed by atoms with Gasteiger partial charge in [0.2, 0.25) is 0 Å². The lowest BCUT2D eigenvalue weighted by Gasteiger charge is -2.31. The van der Waals surface area contributed by atoms with Crippen LogP contribution in [0.1, 0.15) is 35.8 Å². The summed E-state index contributed by atoms with van der Waals surface area (Å²) >= 11 is 0. The van der Waals surface area contributed by atoms with E-state index in [-0.39, 0.29) is 18.0 Å². The van der Waals surface area contributed by atoms with E-state index >= 15 is 0 Å². The van der Waals surface area contributed by atoms with Gasteiger partial charge in [0.15, 0.2) is 0 Å². The Morgan fingerprint density at radius 1 is 1.17 bits per heavy atom. The lowest BCUT2D eigenvalue weighted by molar-refractivity contribution is 0.0946. The van der Waals surface area contributed by atoms with E-state index in [2.05, 4.69) is 20.6 Å². The molecule has 0 spiro atoms. The fourth-order valence-corrected chi connectivity index (χ4v) is 3.25. The predicted octanol–water partition coefficient (Wildman–Crippen LogP) is 2.48. The molecule has 1 fully saturated rings. The summed E-state index contributed by atoms with van der Waals surface area (Å²) in [7, 11) is 0. The number of nitrogens with zero attached hydrogens (tertiary/aromatic N) is 3. The molecule has 0 aliphatic carbocycles. The van der Waals surface area contributed by atoms with Crippen LogP contribution in [0.2, 0.25) is 0 Å². The molecule has 2 N–H and O–H groups in total. The van der Waals surface area contributed by atoms with Gasteiger partial charge in [0.05, 0.1) is 6.61 Å². The Bertz CT molecular complexity index is 807. The van der Waals surface area contributed by atoms with Crippen LogP contribution < -0.4 is 10.6 Å². The number of hydrogen-bond donors (Lipinski definition) is 2. The largest absolute Gasteiger partial charge is 0.450 e. The molecule has 0 saturated carbocycles. The number of piperidine rings is 1. The maximum atomic E-state index is 12.4. The van der Waals surface area contributed by atoms with Gasteiger partial charge in [-0.25, -0.2) is 14.8 Å². The molecule has 1 aromatic heterocycles. The van der Waals surface area contributed by atoms with Gasteiger partial charge in [0.1, 0.15) is 17.8 Å². The van der Waals surface area contributed by atoms with Gasteiger partial charge >= 0.3 is 6.09 Å². The van der Waals surface area contributed by atoms with E-state index in [4.69, 9.17) is 4.74 Å². The Morgan fingerprint density at radius 2 is 1.93 bits per heavy atom. The fraction of sp³-hybridized carbons (Fsp3) is 0.429. The van der Waals surface area contributed by atoms with Crippen LogP contribution in [0.4, 0.5) is 10.6 Å². The van der Waals surface area contributed by atoms with Crippen LogP contribution in [0, 0.1) is 0 Å². The summed E-state index contributed by atoms with van der Waals surface area (Å²) in [6.45, 7) is 4.00. The van der Waals surface area contributed by atoms with Crippen LogP contribution in [0.3, 0.4) is 0 Å². The maximum Gasteiger partial charge on any atom is 0.409 e. The highest BCUT2D eigenvalue weighted by Gasteiger charge is 2.23. The molecule has 0 atom stereocenters. The summed E-state index contributed by atoms with van der Waals surface area (Å²) in [5.41, 5.74) is 1.51. The van der Waals surface area contributed by atoms with E-state index < -0.39 is 0 Å². The Balaban J connectivity index is 1.47. The van der Waals surface area contributed by atoms with E-state index in [0.717, 1.165) is 19.3 Å². The third-order valence-corrected chi connectivity index (χ3v) is 4.81. The zero-order chi connectivity index (χ0) is 20.5. The molecule has 0 bridgehead atoms. The van der Waals surface area contributed by atoms with E-state index in [1.54, 1.807) is 17.9 Å². The molecule has 2 heterocycles. The summed E-state index contributed by atoms with van der Waals surface area (Å²) in [6, 6.07) is 11.9. The van der Waals surface area contributed by atoms with Gasteiger partial charge in [0, 0.05) is 31.7 Å². The molecule has 3 rings (SSSR count). The third kappa shape index (κ3) is 6.17. The minimum Gasteiger partial charge on any atom is -0.450 e. The molecule has 8 nitrogen and oxygen atoms in total. The van der Waals surface area contributed by atoms with E-state index in [1.807, 2.05) is 30.3 Å². The summed E-state index contributed by atoms with van der Waals surface area (Å²) in [5, 5.41) is 6.23. The molecular formula is C21H27N5O3. The molecule has 1 aliphatic rings. The summed E-state index contributed by atoms with van der Waals surface area (Å²) in [4.78, 5) is 34.2. The number of likely N-dealkylation sites (tertiary alicyclic amines) is 1. The Labute approximate surface area is 170 Å². The van der Waals surface area contributed by atoms with E-state index in [9.17, 15) is 9.59 Å². The topological polar surface area (TPSA) is 96.5 Å². The molecule has 0 unspecified atom stereocenters. The van der Waals surface area contributed by atoms with Crippen LogP contribution in [0.25, 0.3) is 0 Å². The number of aromatic nitrogens is 2. The minimum atomic E-state index is -0.262. The number of ether oxygens (including phenoxy) is 1. The van der Waals surface area contributed by atoms with Gasteiger partial charge in [-0.3, -0.25) is 4.79 Å². The highest BCUT2D eigenvalue weighted by atomic mass is 16.6. The number of anilines is 1. The van der Waals surface area contributed by atoms with Crippen molar-refractivity contribution >= 4 is 17.8 Å². The minimum absolute atomic E-state index is 0.185. The zero-order valence-corrected chi connectivity index (χ0v) is 16.6. The monoisotopic (exact) mass is 397 g/mol. The number of hydrogen-bond acceptors (Lipinski definition) is 6. The molecule has 29 heavy (non-hydrogen) atoms. The first-order chi connectivity index (χ1) is 14.2. The molecule has 1 saturated heterocycles. The Morgan fingerprint density at radius 3 is 2.66 bits per heavy atom. The molecular weight excluding hydrogens is 370 g/mol. The van der Waals surface area contributed by atoms with Gasteiger partial charge < -0.3 is 20.3 Å². The number of amides is 2. The number of nitrogens with one attached hydrogen (secondary N) is 2. The lowest BCUT2D eigenvalue weighted by atomic mass is 10.1. The summed E-state index contributed by atoms with van der Waals surface area (Å²) < 4.78 is 5.04. The average molecular weight is 397 g/mol. The maximum absolute atomic E-state index is 12.4. The summed E-state index contributed by atoms with van der Waals surface area (Å²) in [5.74, 6) is 0.395. The number of carbonyl (C=O) groups is 2. The van der Waals surface area contributed by atoms with Crippen molar-refractivity contribution in [3.63, 3.8) is 0 Å². The van der Waals surface area contributed by atoms with Gasteiger partial charge in [0.25, 0.3) is 5.91 Å². The first kappa shape index (κ1) is 20.6. The van der Waals surface area contributed by atoms with E-state index in [0.29, 0.717) is 37.8 Å². The van der Waals surface area contributed by atoms with Crippen molar-refractivity contribution in [2.24, 2.45) is 0 Å². The fourth-order valence-electron chi connectivity index (χ4n) is 3.25. The molecule has 0 radical (unpaired) electrons. The van der Waals surface area contributed by atoms with Crippen LogP contribution >= 0.6 is 0 Å². The zero-order valence-electron chi connectivity index (χ0n) is 16.6. The van der Waals surface area contributed by atoms with Crippen molar-refractivity contribution in [3.05, 3.63) is 54.0 Å².